The van der Waals surface area contributed by atoms with Crippen LogP contribution < -0.4 is 5.32 Å². The fourth-order valence-corrected chi connectivity index (χ4v) is 4.80. The molecule has 4 heteroatoms. The second-order valence-corrected chi connectivity index (χ2v) is 8.79. The van der Waals surface area contributed by atoms with Crippen molar-refractivity contribution in [3.05, 3.63) is 143 Å². The molecule has 2 N–H and O–H groups in total. The minimum Gasteiger partial charge on any atom is -0.480 e. The Bertz CT molecular complexity index is 1180. The third-order valence-corrected chi connectivity index (χ3v) is 6.62. The van der Waals surface area contributed by atoms with Crippen molar-refractivity contribution in [1.82, 2.24) is 5.32 Å². The lowest BCUT2D eigenvalue weighted by Crippen LogP contribution is -2.52. The molecule has 0 heterocycles. The minimum absolute atomic E-state index is 0.202. The summed E-state index contributed by atoms with van der Waals surface area (Å²) in [4.78, 5) is 26.8. The summed E-state index contributed by atoms with van der Waals surface area (Å²) in [5, 5.41) is 13.0. The molecule has 1 amide bonds. The number of hydrogen-bond acceptors (Lipinski definition) is 2. The lowest BCUT2D eigenvalue weighted by atomic mass is 9.68. The molecule has 0 fully saturated rings. The Morgan fingerprint density at radius 3 is 1.46 bits per heavy atom. The van der Waals surface area contributed by atoms with Gasteiger partial charge in [0, 0.05) is 6.42 Å². The monoisotopic (exact) mass is 463 g/mol. The highest BCUT2D eigenvalue weighted by atomic mass is 16.4. The normalized spacial score (nSPS) is 12.1. The Morgan fingerprint density at radius 1 is 0.686 bits per heavy atom. The number of benzene rings is 4. The van der Waals surface area contributed by atoms with Crippen LogP contribution in [-0.2, 0) is 21.4 Å². The maximum Gasteiger partial charge on any atom is 0.326 e. The SMILES string of the molecule is Cc1cccc(C)c1C[C@@H](NC(=O)C(c1ccccc1)(c1ccccc1)c1ccccc1)C(=O)O. The van der Waals surface area contributed by atoms with Crippen molar-refractivity contribution in [2.45, 2.75) is 31.7 Å². The van der Waals surface area contributed by atoms with Crippen molar-refractivity contribution in [3.63, 3.8) is 0 Å². The summed E-state index contributed by atoms with van der Waals surface area (Å²) in [5.74, 6) is -1.44. The number of aryl methyl sites for hydroxylation is 2. The van der Waals surface area contributed by atoms with Gasteiger partial charge >= 0.3 is 5.97 Å². The highest BCUT2D eigenvalue weighted by molar-refractivity contribution is 5.98. The van der Waals surface area contributed by atoms with Crippen molar-refractivity contribution in [3.8, 4) is 0 Å². The van der Waals surface area contributed by atoms with Crippen LogP contribution in [0.5, 0.6) is 0 Å². The van der Waals surface area contributed by atoms with Crippen LogP contribution >= 0.6 is 0 Å². The molecular weight excluding hydrogens is 434 g/mol. The van der Waals surface area contributed by atoms with Crippen molar-refractivity contribution in [1.29, 1.82) is 0 Å². The number of carbonyl (C=O) groups excluding carboxylic acids is 1. The van der Waals surface area contributed by atoms with Crippen LogP contribution in [-0.4, -0.2) is 23.0 Å². The van der Waals surface area contributed by atoms with Gasteiger partial charge in [0.1, 0.15) is 11.5 Å². The Labute approximate surface area is 206 Å². The third kappa shape index (κ3) is 4.73. The highest BCUT2D eigenvalue weighted by Gasteiger charge is 2.45. The highest BCUT2D eigenvalue weighted by Crippen LogP contribution is 2.39. The van der Waals surface area contributed by atoms with Gasteiger partial charge in [-0.2, -0.15) is 0 Å². The summed E-state index contributed by atoms with van der Waals surface area (Å²) >= 11 is 0. The zero-order chi connectivity index (χ0) is 24.8. The van der Waals surface area contributed by atoms with Crippen molar-refractivity contribution in [2.24, 2.45) is 0 Å². The molecule has 4 aromatic carbocycles. The second-order valence-electron chi connectivity index (χ2n) is 8.79. The van der Waals surface area contributed by atoms with E-state index in [1.165, 1.54) is 0 Å². The molecule has 0 radical (unpaired) electrons. The first-order valence-electron chi connectivity index (χ1n) is 11.7. The van der Waals surface area contributed by atoms with Gasteiger partial charge in [0.2, 0.25) is 5.91 Å². The van der Waals surface area contributed by atoms with Crippen molar-refractivity contribution in [2.75, 3.05) is 0 Å². The number of hydrogen-bond donors (Lipinski definition) is 2. The van der Waals surface area contributed by atoms with Gasteiger partial charge in [0.05, 0.1) is 0 Å². The van der Waals surface area contributed by atoms with E-state index in [2.05, 4.69) is 5.32 Å². The van der Waals surface area contributed by atoms with Crippen LogP contribution in [0.4, 0.5) is 0 Å². The summed E-state index contributed by atoms with van der Waals surface area (Å²) in [5.41, 5.74) is 4.03. The van der Waals surface area contributed by atoms with E-state index in [1.807, 2.05) is 123 Å². The molecule has 0 unspecified atom stereocenters. The third-order valence-electron chi connectivity index (χ3n) is 6.62. The number of aliphatic carboxylic acids is 1. The maximum absolute atomic E-state index is 14.4. The van der Waals surface area contributed by atoms with Crippen LogP contribution in [0.25, 0.3) is 0 Å². The predicted molar refractivity (Wildman–Crippen MR) is 138 cm³/mol. The van der Waals surface area contributed by atoms with E-state index in [0.717, 1.165) is 33.4 Å². The summed E-state index contributed by atoms with van der Waals surface area (Å²) in [7, 11) is 0. The van der Waals surface area contributed by atoms with Gasteiger partial charge in [0.15, 0.2) is 0 Å². The van der Waals surface area contributed by atoms with E-state index in [1.54, 1.807) is 0 Å². The molecule has 35 heavy (non-hydrogen) atoms. The Hall–Kier alpha value is -4.18. The molecule has 176 valence electrons. The van der Waals surface area contributed by atoms with Gasteiger partial charge in [-0.3, -0.25) is 4.79 Å². The predicted octanol–water partition coefficient (Wildman–Crippen LogP) is 5.45. The molecule has 0 spiro atoms. The van der Waals surface area contributed by atoms with Crippen LogP contribution in [0.1, 0.15) is 33.4 Å². The summed E-state index contributed by atoms with van der Waals surface area (Å²) < 4.78 is 0. The lowest BCUT2D eigenvalue weighted by molar-refractivity contribution is -0.142. The molecule has 4 aromatic rings. The topological polar surface area (TPSA) is 66.4 Å². The molecule has 0 aromatic heterocycles. The molecule has 4 nitrogen and oxygen atoms in total. The van der Waals surface area contributed by atoms with Gasteiger partial charge in [0.25, 0.3) is 0 Å². The first kappa shape index (κ1) is 24.0. The molecule has 0 bridgehead atoms. The second kappa shape index (κ2) is 10.4. The smallest absolute Gasteiger partial charge is 0.326 e. The summed E-state index contributed by atoms with van der Waals surface area (Å²) in [6.07, 6.45) is 0.202. The molecule has 1 atom stereocenters. The van der Waals surface area contributed by atoms with E-state index in [4.69, 9.17) is 0 Å². The van der Waals surface area contributed by atoms with Crippen molar-refractivity contribution < 1.29 is 14.7 Å². The first-order valence-corrected chi connectivity index (χ1v) is 11.7. The van der Waals surface area contributed by atoms with Crippen molar-refractivity contribution >= 4 is 11.9 Å². The van der Waals surface area contributed by atoms with Crippen LogP contribution in [0, 0.1) is 13.8 Å². The van der Waals surface area contributed by atoms with E-state index >= 15 is 0 Å². The van der Waals surface area contributed by atoms with E-state index < -0.39 is 17.4 Å². The van der Waals surface area contributed by atoms with E-state index in [-0.39, 0.29) is 12.3 Å². The van der Waals surface area contributed by atoms with Crippen LogP contribution in [0.2, 0.25) is 0 Å². The quantitative estimate of drug-likeness (QED) is 0.342. The van der Waals surface area contributed by atoms with Gasteiger partial charge in [-0.1, -0.05) is 109 Å². The Morgan fingerprint density at radius 2 is 1.09 bits per heavy atom. The molecule has 0 saturated carbocycles. The number of carboxylic acid groups (broad SMARTS) is 1. The number of nitrogens with one attached hydrogen (secondary N) is 1. The van der Waals surface area contributed by atoms with Crippen LogP contribution in [0.15, 0.2) is 109 Å². The fourth-order valence-electron chi connectivity index (χ4n) is 4.80. The van der Waals surface area contributed by atoms with Gasteiger partial charge in [-0.25, -0.2) is 4.79 Å². The Balaban J connectivity index is 1.86. The Kier molecular flexibility index (Phi) is 7.11. The van der Waals surface area contributed by atoms with Gasteiger partial charge in [-0.05, 0) is 47.2 Å². The molecule has 0 aliphatic heterocycles. The fraction of sp³-hybridized carbons (Fsp3) is 0.161. The number of amides is 1. The molecule has 0 aliphatic rings. The number of carboxylic acids is 1. The zero-order valence-corrected chi connectivity index (χ0v) is 19.9. The van der Waals surface area contributed by atoms with Gasteiger partial charge in [-0.15, -0.1) is 0 Å². The standard InChI is InChI=1S/C31H29NO3/c1-22-13-12-14-23(2)27(22)21-28(29(33)34)32-30(35)31(24-15-6-3-7-16-24,25-17-8-4-9-18-25)26-19-10-5-11-20-26/h3-20,28H,21H2,1-2H3,(H,32,35)(H,33,34)/t28-/m1/s1. The zero-order valence-electron chi connectivity index (χ0n) is 19.9. The van der Waals surface area contributed by atoms with Gasteiger partial charge < -0.3 is 10.4 Å². The average Bonchev–Trinajstić information content (AvgIpc) is 2.88. The molecule has 0 saturated heterocycles. The molecule has 4 rings (SSSR count). The van der Waals surface area contributed by atoms with E-state index in [9.17, 15) is 14.7 Å². The molecule has 0 aliphatic carbocycles. The number of carbonyl (C=O) groups is 2. The first-order chi connectivity index (χ1) is 16.9. The number of rotatable bonds is 8. The van der Waals surface area contributed by atoms with Crippen LogP contribution in [0.3, 0.4) is 0 Å². The maximum atomic E-state index is 14.4. The van der Waals surface area contributed by atoms with E-state index in [0.29, 0.717) is 0 Å². The largest absolute Gasteiger partial charge is 0.480 e. The average molecular weight is 464 g/mol. The summed E-state index contributed by atoms with van der Waals surface area (Å²) in [6.45, 7) is 3.93. The molecular formula is C31H29NO3. The lowest BCUT2D eigenvalue weighted by Gasteiger charge is -2.35. The minimum atomic E-state index is -1.22. The summed E-state index contributed by atoms with van der Waals surface area (Å²) in [6, 6.07) is 33.4.